The second-order valence-corrected chi connectivity index (χ2v) is 8.60. The van der Waals surface area contributed by atoms with E-state index in [2.05, 4.69) is 20.0 Å². The summed E-state index contributed by atoms with van der Waals surface area (Å²) in [4.78, 5) is 28.5. The number of H-pyrrole nitrogens is 1. The Bertz CT molecular complexity index is 1490. The molecule has 0 aliphatic heterocycles. The van der Waals surface area contributed by atoms with E-state index in [0.717, 1.165) is 32.3 Å². The normalized spacial score (nSPS) is 11.0. The van der Waals surface area contributed by atoms with E-state index in [1.54, 1.807) is 31.4 Å². The van der Waals surface area contributed by atoms with Crippen LogP contribution in [0.1, 0.15) is 26.4 Å². The number of carbonyl (C=O) groups is 2. The fourth-order valence-corrected chi connectivity index (χ4v) is 4.62. The minimum Gasteiger partial charge on any atom is -0.497 e. The molecule has 0 aliphatic rings. The number of hydrogen-bond donors (Lipinski definition) is 3. The van der Waals surface area contributed by atoms with Gasteiger partial charge in [0.15, 0.2) is 0 Å². The van der Waals surface area contributed by atoms with Crippen LogP contribution in [0, 0.1) is 0 Å². The topological polar surface area (TPSA) is 96.1 Å². The van der Waals surface area contributed by atoms with Gasteiger partial charge in [-0.3, -0.25) is 9.59 Å². The van der Waals surface area contributed by atoms with Crippen molar-refractivity contribution in [3.63, 3.8) is 0 Å². The number of rotatable bonds is 7. The molecule has 2 aromatic heterocycles. The standard InChI is InChI=1S/C26H22N4O3S/c1-33-19-10-11-22-21(14-19)17(15-28-22)12-13-27-25(31)16-6-8-18(9-7-16)29-26(32)24-20-4-2-3-5-23(20)34-30-24/h2-11,14-15,28H,12-13H2,1H3,(H,27,31)(H,29,32). The Morgan fingerprint density at radius 1 is 1.00 bits per heavy atom. The van der Waals surface area contributed by atoms with Crippen LogP contribution in [0.2, 0.25) is 0 Å². The van der Waals surface area contributed by atoms with Gasteiger partial charge in [0.25, 0.3) is 11.8 Å². The molecule has 0 spiro atoms. The molecule has 2 heterocycles. The molecule has 0 radical (unpaired) electrons. The van der Waals surface area contributed by atoms with Gasteiger partial charge in [0, 0.05) is 40.3 Å². The quantitative estimate of drug-likeness (QED) is 0.312. The molecule has 8 heteroatoms. The Morgan fingerprint density at radius 2 is 1.82 bits per heavy atom. The lowest BCUT2D eigenvalue weighted by molar-refractivity contribution is 0.0953. The van der Waals surface area contributed by atoms with Crippen LogP contribution < -0.4 is 15.4 Å². The molecule has 3 N–H and O–H groups in total. The lowest BCUT2D eigenvalue weighted by atomic mass is 10.1. The van der Waals surface area contributed by atoms with E-state index in [0.29, 0.717) is 29.9 Å². The molecule has 3 aromatic carbocycles. The second-order valence-electron chi connectivity index (χ2n) is 7.79. The van der Waals surface area contributed by atoms with Crippen molar-refractivity contribution in [3.05, 3.63) is 89.7 Å². The van der Waals surface area contributed by atoms with Crippen LogP contribution in [0.5, 0.6) is 5.75 Å². The third-order valence-corrected chi connectivity index (χ3v) is 6.48. The van der Waals surface area contributed by atoms with Crippen molar-refractivity contribution in [2.45, 2.75) is 6.42 Å². The largest absolute Gasteiger partial charge is 0.497 e. The van der Waals surface area contributed by atoms with E-state index in [1.807, 2.05) is 48.7 Å². The molecule has 0 bridgehead atoms. The highest BCUT2D eigenvalue weighted by molar-refractivity contribution is 7.13. The van der Waals surface area contributed by atoms with Crippen LogP contribution in [-0.4, -0.2) is 34.8 Å². The van der Waals surface area contributed by atoms with Gasteiger partial charge in [-0.15, -0.1) is 0 Å². The number of aromatic nitrogens is 2. The lowest BCUT2D eigenvalue weighted by Crippen LogP contribution is -2.25. The molecule has 5 rings (SSSR count). The smallest absolute Gasteiger partial charge is 0.276 e. The molecule has 7 nitrogen and oxygen atoms in total. The van der Waals surface area contributed by atoms with Gasteiger partial charge in [-0.25, -0.2) is 0 Å². The number of methoxy groups -OCH3 is 1. The van der Waals surface area contributed by atoms with E-state index in [9.17, 15) is 9.59 Å². The Kier molecular flexibility index (Phi) is 5.97. The molecule has 0 unspecified atom stereocenters. The highest BCUT2D eigenvalue weighted by Crippen LogP contribution is 2.24. The zero-order valence-electron chi connectivity index (χ0n) is 18.4. The Balaban J connectivity index is 1.18. The molecular weight excluding hydrogens is 448 g/mol. The first-order valence-electron chi connectivity index (χ1n) is 10.8. The number of anilines is 1. The average Bonchev–Trinajstić information content (AvgIpc) is 3.48. The van der Waals surface area contributed by atoms with Gasteiger partial charge < -0.3 is 20.4 Å². The first-order valence-corrected chi connectivity index (χ1v) is 11.6. The van der Waals surface area contributed by atoms with Crippen LogP contribution in [0.25, 0.3) is 21.0 Å². The fraction of sp³-hybridized carbons (Fsp3) is 0.115. The maximum absolute atomic E-state index is 12.6. The van der Waals surface area contributed by atoms with E-state index in [4.69, 9.17) is 4.74 Å². The van der Waals surface area contributed by atoms with Gasteiger partial charge in [0.2, 0.25) is 0 Å². The summed E-state index contributed by atoms with van der Waals surface area (Å²) in [5.41, 5.74) is 3.67. The summed E-state index contributed by atoms with van der Waals surface area (Å²) in [7, 11) is 1.64. The molecule has 2 amide bonds. The first-order chi connectivity index (χ1) is 16.6. The number of amides is 2. The number of ether oxygens (including phenoxy) is 1. The molecule has 5 aromatic rings. The third-order valence-electron chi connectivity index (χ3n) is 5.65. The van der Waals surface area contributed by atoms with Gasteiger partial charge in [-0.2, -0.15) is 4.37 Å². The van der Waals surface area contributed by atoms with Crippen molar-refractivity contribution in [3.8, 4) is 5.75 Å². The minimum absolute atomic E-state index is 0.166. The van der Waals surface area contributed by atoms with Gasteiger partial charge in [-0.1, -0.05) is 18.2 Å². The summed E-state index contributed by atoms with van der Waals surface area (Å²) < 4.78 is 10.5. The van der Waals surface area contributed by atoms with Crippen molar-refractivity contribution >= 4 is 50.0 Å². The molecule has 0 saturated heterocycles. The molecule has 0 saturated carbocycles. The van der Waals surface area contributed by atoms with Crippen molar-refractivity contribution in [1.82, 2.24) is 14.7 Å². The van der Waals surface area contributed by atoms with Gasteiger partial charge in [-0.05, 0) is 72.0 Å². The van der Waals surface area contributed by atoms with Crippen LogP contribution in [0.4, 0.5) is 5.69 Å². The van der Waals surface area contributed by atoms with E-state index in [-0.39, 0.29) is 11.8 Å². The van der Waals surface area contributed by atoms with Crippen LogP contribution >= 0.6 is 11.5 Å². The number of nitrogens with zero attached hydrogens (tertiary/aromatic N) is 1. The van der Waals surface area contributed by atoms with Gasteiger partial charge in [0.1, 0.15) is 11.4 Å². The number of benzene rings is 3. The summed E-state index contributed by atoms with van der Waals surface area (Å²) in [5.74, 6) is 0.360. The molecule has 0 atom stereocenters. The number of fused-ring (bicyclic) bond motifs is 2. The van der Waals surface area contributed by atoms with Crippen molar-refractivity contribution in [1.29, 1.82) is 0 Å². The number of nitrogens with one attached hydrogen (secondary N) is 3. The van der Waals surface area contributed by atoms with Crippen LogP contribution in [-0.2, 0) is 6.42 Å². The molecule has 170 valence electrons. The number of aromatic amines is 1. The zero-order valence-corrected chi connectivity index (χ0v) is 19.2. The Morgan fingerprint density at radius 3 is 2.65 bits per heavy atom. The SMILES string of the molecule is COc1ccc2[nH]cc(CCNC(=O)c3ccc(NC(=O)c4nsc5ccccc45)cc3)c2c1. The number of carbonyl (C=O) groups excluding carboxylic acids is 2. The highest BCUT2D eigenvalue weighted by atomic mass is 32.1. The summed E-state index contributed by atoms with van der Waals surface area (Å²) in [6.07, 6.45) is 2.65. The van der Waals surface area contributed by atoms with Gasteiger partial charge >= 0.3 is 0 Å². The summed E-state index contributed by atoms with van der Waals surface area (Å²) in [5, 5.41) is 7.72. The maximum Gasteiger partial charge on any atom is 0.276 e. The third kappa shape index (κ3) is 4.35. The van der Waals surface area contributed by atoms with E-state index < -0.39 is 0 Å². The second kappa shape index (κ2) is 9.36. The van der Waals surface area contributed by atoms with Crippen molar-refractivity contribution in [2.75, 3.05) is 19.0 Å². The van der Waals surface area contributed by atoms with Crippen LogP contribution in [0.3, 0.4) is 0 Å². The van der Waals surface area contributed by atoms with Crippen molar-refractivity contribution < 1.29 is 14.3 Å². The highest BCUT2D eigenvalue weighted by Gasteiger charge is 2.14. The Hall–Kier alpha value is -4.17. The lowest BCUT2D eigenvalue weighted by Gasteiger charge is -2.07. The predicted molar refractivity (Wildman–Crippen MR) is 135 cm³/mol. The predicted octanol–water partition coefficient (Wildman–Crippen LogP) is 5.01. The zero-order chi connectivity index (χ0) is 23.5. The van der Waals surface area contributed by atoms with E-state index in [1.165, 1.54) is 11.5 Å². The number of hydrogen-bond acceptors (Lipinski definition) is 5. The summed E-state index contributed by atoms with van der Waals surface area (Å²) >= 11 is 1.30. The summed E-state index contributed by atoms with van der Waals surface area (Å²) in [6, 6.07) is 20.3. The Labute approximate surface area is 199 Å². The first kappa shape index (κ1) is 21.7. The molecule has 0 fully saturated rings. The summed E-state index contributed by atoms with van der Waals surface area (Å²) in [6.45, 7) is 0.498. The van der Waals surface area contributed by atoms with Crippen LogP contribution in [0.15, 0.2) is 72.9 Å². The molecule has 0 aliphatic carbocycles. The fourth-order valence-electron chi connectivity index (χ4n) is 3.85. The maximum atomic E-state index is 12.6. The van der Waals surface area contributed by atoms with E-state index >= 15 is 0 Å². The van der Waals surface area contributed by atoms with Gasteiger partial charge in [0.05, 0.1) is 11.8 Å². The van der Waals surface area contributed by atoms with Crippen molar-refractivity contribution in [2.24, 2.45) is 0 Å². The monoisotopic (exact) mass is 470 g/mol. The molecular formula is C26H22N4O3S. The molecule has 34 heavy (non-hydrogen) atoms. The minimum atomic E-state index is -0.273. The average molecular weight is 471 g/mol.